The number of benzene rings is 2. The van der Waals surface area contributed by atoms with E-state index in [4.69, 9.17) is 19.2 Å². The molecule has 0 bridgehead atoms. The largest absolute Gasteiger partial charge is 0.494 e. The van der Waals surface area contributed by atoms with Gasteiger partial charge in [0.1, 0.15) is 17.1 Å². The molecule has 0 spiro atoms. The van der Waals surface area contributed by atoms with Crippen molar-refractivity contribution in [3.8, 4) is 28.6 Å². The van der Waals surface area contributed by atoms with Gasteiger partial charge in [0.15, 0.2) is 17.0 Å². The van der Waals surface area contributed by atoms with Crippen LogP contribution in [0.4, 0.5) is 4.79 Å². The predicted molar refractivity (Wildman–Crippen MR) is 161 cm³/mol. The molecule has 1 aliphatic rings. The number of thioether (sulfide) groups is 1. The summed E-state index contributed by atoms with van der Waals surface area (Å²) in [5.74, 6) is 1.89. The van der Waals surface area contributed by atoms with Crippen molar-refractivity contribution in [3.05, 3.63) is 69.0 Å². The Balaban J connectivity index is 1.38. The van der Waals surface area contributed by atoms with Gasteiger partial charge in [0.25, 0.3) is 16.7 Å². The van der Waals surface area contributed by atoms with Gasteiger partial charge in [0, 0.05) is 19.2 Å². The molecule has 0 atom stereocenters. The maximum atomic E-state index is 13.8. The summed E-state index contributed by atoms with van der Waals surface area (Å²) in [5.41, 5.74) is 3.19. The van der Waals surface area contributed by atoms with E-state index in [1.807, 2.05) is 24.3 Å². The molecule has 218 valence electrons. The fourth-order valence-electron chi connectivity index (χ4n) is 4.77. The van der Waals surface area contributed by atoms with Crippen LogP contribution in [0.5, 0.6) is 17.2 Å². The highest BCUT2D eigenvalue weighted by Crippen LogP contribution is 2.32. The second-order valence-electron chi connectivity index (χ2n) is 9.60. The van der Waals surface area contributed by atoms with Gasteiger partial charge < -0.3 is 14.2 Å². The van der Waals surface area contributed by atoms with Crippen LogP contribution in [0.3, 0.4) is 0 Å². The van der Waals surface area contributed by atoms with Crippen molar-refractivity contribution in [1.29, 1.82) is 0 Å². The first kappa shape index (κ1) is 28.9. The number of carbonyl (C=O) groups excluding carboxylic acids is 2. The van der Waals surface area contributed by atoms with Crippen molar-refractivity contribution in [3.63, 3.8) is 0 Å². The molecule has 42 heavy (non-hydrogen) atoms. The maximum Gasteiger partial charge on any atom is 0.290 e. The second kappa shape index (κ2) is 12.5. The number of fused-ring (bicyclic) bond motifs is 1. The summed E-state index contributed by atoms with van der Waals surface area (Å²) in [6.07, 6.45) is 3.79. The molecular weight excluding hydrogens is 558 g/mol. The van der Waals surface area contributed by atoms with Crippen LogP contribution in [0.1, 0.15) is 31.0 Å². The van der Waals surface area contributed by atoms with Crippen molar-refractivity contribution in [1.82, 2.24) is 24.6 Å². The van der Waals surface area contributed by atoms with Crippen LogP contribution in [0.25, 0.3) is 28.5 Å². The molecule has 2 aromatic carbocycles. The van der Waals surface area contributed by atoms with Gasteiger partial charge in [0.05, 0.1) is 31.4 Å². The molecule has 0 unspecified atom stereocenters. The van der Waals surface area contributed by atoms with Gasteiger partial charge in [-0.25, -0.2) is 4.98 Å². The summed E-state index contributed by atoms with van der Waals surface area (Å²) in [5, 5.41) is 6.45. The zero-order valence-electron chi connectivity index (χ0n) is 23.8. The Hall–Kier alpha value is -4.58. The van der Waals surface area contributed by atoms with Crippen LogP contribution in [0.15, 0.2) is 52.2 Å². The zero-order chi connectivity index (χ0) is 29.8. The minimum Gasteiger partial charge on any atom is -0.494 e. The van der Waals surface area contributed by atoms with Gasteiger partial charge >= 0.3 is 0 Å². The van der Waals surface area contributed by atoms with Crippen LogP contribution in [-0.4, -0.2) is 51.3 Å². The predicted octanol–water partition coefficient (Wildman–Crippen LogP) is 4.56. The van der Waals surface area contributed by atoms with Crippen LogP contribution in [0.2, 0.25) is 0 Å². The van der Waals surface area contributed by atoms with Gasteiger partial charge in [-0.1, -0.05) is 25.5 Å². The highest BCUT2D eigenvalue weighted by molar-refractivity contribution is 8.18. The minimum atomic E-state index is -0.395. The topological polar surface area (TPSA) is 127 Å². The van der Waals surface area contributed by atoms with E-state index >= 15 is 0 Å². The van der Waals surface area contributed by atoms with E-state index in [1.54, 1.807) is 54.8 Å². The van der Waals surface area contributed by atoms with Crippen LogP contribution >= 0.6 is 11.8 Å². The maximum absolute atomic E-state index is 13.8. The van der Waals surface area contributed by atoms with Crippen molar-refractivity contribution in [2.75, 3.05) is 20.8 Å². The molecule has 0 aliphatic carbocycles. The summed E-state index contributed by atoms with van der Waals surface area (Å²) in [7, 11) is 4.91. The lowest BCUT2D eigenvalue weighted by molar-refractivity contribution is -0.115. The number of methoxy groups -OCH3 is 2. The molecule has 3 heterocycles. The third kappa shape index (κ3) is 5.89. The number of aromatic nitrogens is 4. The average Bonchev–Trinajstić information content (AvgIpc) is 3.48. The SMILES string of the molecule is CCCc1nn(C)c2c(=O)n(CCCOc3ccc(/C=C4/SC(=O)NC4=O)cc3)c(-c3ccc(OC)c(OC)c3)nc12. The Morgan fingerprint density at radius 2 is 1.79 bits per heavy atom. The Bertz CT molecular complexity index is 1740. The van der Waals surface area contributed by atoms with E-state index in [-0.39, 0.29) is 10.8 Å². The molecule has 4 aromatic rings. The fourth-order valence-corrected chi connectivity index (χ4v) is 5.45. The number of nitrogens with zero attached hydrogens (tertiary/aromatic N) is 4. The second-order valence-corrected chi connectivity index (χ2v) is 10.6. The van der Waals surface area contributed by atoms with Crippen LogP contribution in [-0.2, 0) is 24.8 Å². The van der Waals surface area contributed by atoms with Gasteiger partial charge in [-0.05, 0) is 66.6 Å². The summed E-state index contributed by atoms with van der Waals surface area (Å²) in [4.78, 5) is 42.3. The first-order valence-electron chi connectivity index (χ1n) is 13.5. The smallest absolute Gasteiger partial charge is 0.290 e. The molecule has 0 saturated carbocycles. The molecule has 0 radical (unpaired) electrons. The third-order valence-corrected chi connectivity index (χ3v) is 7.57. The summed E-state index contributed by atoms with van der Waals surface area (Å²) < 4.78 is 20.1. The first-order valence-corrected chi connectivity index (χ1v) is 14.3. The molecule has 2 amide bonds. The number of imide groups is 1. The fraction of sp³-hybridized carbons (Fsp3) is 0.300. The molecule has 1 fully saturated rings. The lowest BCUT2D eigenvalue weighted by atomic mass is 10.1. The van der Waals surface area contributed by atoms with Crippen molar-refractivity contribution in [2.24, 2.45) is 7.05 Å². The molecule has 1 N–H and O–H groups in total. The van der Waals surface area contributed by atoms with Gasteiger partial charge in [0.2, 0.25) is 0 Å². The Morgan fingerprint density at radius 3 is 2.45 bits per heavy atom. The molecular formula is C30H31N5O6S. The minimum absolute atomic E-state index is 0.174. The van der Waals surface area contributed by atoms with Crippen molar-refractivity contribution < 1.29 is 23.8 Å². The van der Waals surface area contributed by atoms with Gasteiger partial charge in [-0.3, -0.25) is 28.9 Å². The Morgan fingerprint density at radius 1 is 1.02 bits per heavy atom. The summed E-state index contributed by atoms with van der Waals surface area (Å²) >= 11 is 0.876. The number of carbonyl (C=O) groups is 2. The Labute approximate surface area is 246 Å². The molecule has 12 heteroatoms. The quantitative estimate of drug-likeness (QED) is 0.198. The third-order valence-electron chi connectivity index (χ3n) is 6.76. The van der Waals surface area contributed by atoms with Crippen molar-refractivity contribution >= 4 is 40.0 Å². The number of ether oxygens (including phenoxy) is 3. The van der Waals surface area contributed by atoms with Gasteiger partial charge in [-0.2, -0.15) is 5.10 Å². The molecule has 11 nitrogen and oxygen atoms in total. The Kier molecular flexibility index (Phi) is 8.62. The lowest BCUT2D eigenvalue weighted by Crippen LogP contribution is -2.25. The van der Waals surface area contributed by atoms with Crippen LogP contribution < -0.4 is 25.1 Å². The standard InChI is InChI=1S/C30H31N5O6S/c1-5-7-21-25-26(34(2)33-21)29(37)35(27(31-25)19-10-13-22(39-3)23(17-19)40-4)14-6-15-41-20-11-8-18(9-12-20)16-24-28(36)32-30(38)42-24/h8-13,16-17H,5-7,14-15H2,1-4H3,(H,32,36,38)/b24-16+. The number of hydrogen-bond acceptors (Lipinski definition) is 9. The molecule has 1 saturated heterocycles. The van der Waals surface area contributed by atoms with E-state index in [0.717, 1.165) is 35.0 Å². The summed E-state index contributed by atoms with van der Waals surface area (Å²) in [6.45, 7) is 2.79. The molecule has 5 rings (SSSR count). The summed E-state index contributed by atoms with van der Waals surface area (Å²) in [6, 6.07) is 12.7. The zero-order valence-corrected chi connectivity index (χ0v) is 24.6. The molecule has 2 aromatic heterocycles. The number of amides is 2. The number of hydrogen-bond donors (Lipinski definition) is 1. The van der Waals surface area contributed by atoms with E-state index < -0.39 is 5.91 Å². The average molecular weight is 590 g/mol. The highest BCUT2D eigenvalue weighted by Gasteiger charge is 2.25. The molecule has 1 aliphatic heterocycles. The lowest BCUT2D eigenvalue weighted by Gasteiger charge is -2.15. The van der Waals surface area contributed by atoms with Crippen molar-refractivity contribution in [2.45, 2.75) is 32.7 Å². The van der Waals surface area contributed by atoms with E-state index in [9.17, 15) is 14.4 Å². The number of rotatable bonds is 11. The van der Waals surface area contributed by atoms with Gasteiger partial charge in [-0.15, -0.1) is 0 Å². The number of nitrogens with one attached hydrogen (secondary N) is 1. The van der Waals surface area contributed by atoms with Crippen LogP contribution in [0, 0.1) is 0 Å². The monoisotopic (exact) mass is 589 g/mol. The van der Waals surface area contributed by atoms with E-state index in [1.165, 1.54) is 0 Å². The van der Waals surface area contributed by atoms with E-state index in [2.05, 4.69) is 17.3 Å². The number of aryl methyl sites for hydroxylation is 2. The first-order chi connectivity index (χ1) is 20.3. The van der Waals surface area contributed by atoms with E-state index in [0.29, 0.717) is 65.0 Å². The normalized spacial score (nSPS) is 14.0. The highest BCUT2D eigenvalue weighted by atomic mass is 32.2.